The number of benzene rings is 3. The predicted molar refractivity (Wildman–Crippen MR) is 344 cm³/mol. The van der Waals surface area contributed by atoms with Crippen LogP contribution in [0.25, 0.3) is 0 Å². The fraction of sp³-hybridized carbons (Fsp3) is 0.739. The van der Waals surface area contributed by atoms with Gasteiger partial charge in [0.1, 0.15) is 17.2 Å². The second-order valence-corrected chi connectivity index (χ2v) is 28.8. The van der Waals surface area contributed by atoms with Crippen LogP contribution in [-0.2, 0) is 50.3 Å². The van der Waals surface area contributed by atoms with Crippen LogP contribution in [0, 0.1) is 17.8 Å². The van der Waals surface area contributed by atoms with Gasteiger partial charge in [0.25, 0.3) is 0 Å². The number of aryl methyl sites for hydroxylation is 3. The van der Waals surface area contributed by atoms with E-state index in [-0.39, 0.29) is 53.6 Å². The molecule has 3 aromatic rings. The van der Waals surface area contributed by atoms with Gasteiger partial charge in [-0.05, 0) is 129 Å². The molecule has 1 radical (unpaired) electrons. The van der Waals surface area contributed by atoms with Crippen molar-refractivity contribution < 1.29 is 59.3 Å². The molecule has 471 valence electrons. The monoisotopic (exact) mass is 1240 g/mol. The number of rotatable bonds is 48. The van der Waals surface area contributed by atoms with Crippen LogP contribution in [0.1, 0.15) is 291 Å². The molecule has 13 heteroatoms. The van der Waals surface area contributed by atoms with Crippen molar-refractivity contribution in [3.63, 3.8) is 0 Å². The van der Waals surface area contributed by atoms with Crippen molar-refractivity contribution in [2.45, 2.75) is 293 Å². The molecule has 6 atom stereocenters. The Morgan fingerprint density at radius 3 is 0.695 bits per heavy atom. The summed E-state index contributed by atoms with van der Waals surface area (Å²) in [7, 11) is -11.5. The molecule has 82 heavy (non-hydrogen) atoms. The third kappa shape index (κ3) is 43.7. The summed E-state index contributed by atoms with van der Waals surface area (Å²) in [5.74, 6) is 1.94. The Hall–Kier alpha value is -1.84. The zero-order valence-electron chi connectivity index (χ0n) is 53.7. The maximum absolute atomic E-state index is 12.3. The molecule has 0 saturated heterocycles. The number of hydrogen-bond donors (Lipinski definition) is 0. The second-order valence-electron chi connectivity index (χ2n) is 23.4. The molecule has 3 rings (SSSR count). The van der Waals surface area contributed by atoms with Gasteiger partial charge in [-0.1, -0.05) is 272 Å². The maximum Gasteiger partial charge on any atom is 3.00 e. The second kappa shape index (κ2) is 51.2. The van der Waals surface area contributed by atoms with E-state index in [1.165, 1.54) is 152 Å². The van der Waals surface area contributed by atoms with Crippen molar-refractivity contribution >= 4 is 22.8 Å². The standard InChI is InChI=1S/3C23H41O3P.Cr/c3*1-4-7-9-10-11-12-13-15-22-16-18-23(19-17-22)26-27(24,25)20-21(6-3)14-8-5-2;/h3*16-19,21H,4-15,20H2,1-3H3,(H,24,25);/q;;;+3/p-3. The molecule has 0 spiro atoms. The minimum atomic E-state index is -3.83. The molecule has 6 unspecified atom stereocenters. The predicted octanol–water partition coefficient (Wildman–Crippen LogP) is 21.4. The fourth-order valence-electron chi connectivity index (χ4n) is 10.3. The summed E-state index contributed by atoms with van der Waals surface area (Å²) in [6.07, 6.45) is 43.0. The third-order valence-electron chi connectivity index (χ3n) is 15.8. The first-order chi connectivity index (χ1) is 39.0. The van der Waals surface area contributed by atoms with Gasteiger partial charge < -0.3 is 28.3 Å². The van der Waals surface area contributed by atoms with Crippen LogP contribution >= 0.6 is 22.8 Å². The van der Waals surface area contributed by atoms with Crippen molar-refractivity contribution in [2.24, 2.45) is 17.8 Å². The van der Waals surface area contributed by atoms with Gasteiger partial charge in [-0.3, -0.25) is 13.7 Å². The van der Waals surface area contributed by atoms with E-state index < -0.39 is 22.8 Å². The van der Waals surface area contributed by atoms with Gasteiger partial charge in [0.05, 0.1) is 0 Å². The molecule has 0 bridgehead atoms. The molecule has 0 heterocycles. The molecule has 0 aromatic heterocycles. The van der Waals surface area contributed by atoms with Crippen LogP contribution in [0.2, 0.25) is 0 Å². The molecule has 0 aliphatic rings. The Bertz CT molecular complexity index is 1820. The van der Waals surface area contributed by atoms with Gasteiger partial charge in [0.15, 0.2) is 22.8 Å². The van der Waals surface area contributed by atoms with E-state index in [0.29, 0.717) is 17.2 Å². The van der Waals surface area contributed by atoms with Crippen LogP contribution in [0.4, 0.5) is 0 Å². The van der Waals surface area contributed by atoms with Gasteiger partial charge >= 0.3 is 17.4 Å². The van der Waals surface area contributed by atoms with Crippen molar-refractivity contribution in [2.75, 3.05) is 18.5 Å². The molecular weight excluding hydrogens is 1120 g/mol. The van der Waals surface area contributed by atoms with Crippen LogP contribution in [0.5, 0.6) is 17.2 Å². The van der Waals surface area contributed by atoms with Gasteiger partial charge in [-0.15, -0.1) is 0 Å². The normalized spacial score (nSPS) is 14.5. The van der Waals surface area contributed by atoms with Gasteiger partial charge in [-0.25, -0.2) is 0 Å². The summed E-state index contributed by atoms with van der Waals surface area (Å²) in [6, 6.07) is 22.8. The van der Waals surface area contributed by atoms with E-state index in [1.807, 2.05) is 36.4 Å². The largest absolute Gasteiger partial charge is 3.00 e. The van der Waals surface area contributed by atoms with E-state index in [1.54, 1.807) is 36.4 Å². The summed E-state index contributed by atoms with van der Waals surface area (Å²) in [5, 5.41) is 0. The summed E-state index contributed by atoms with van der Waals surface area (Å²) in [4.78, 5) is 37.0. The minimum Gasteiger partial charge on any atom is -0.769 e. The van der Waals surface area contributed by atoms with E-state index in [9.17, 15) is 28.4 Å². The number of hydrogen-bond acceptors (Lipinski definition) is 9. The molecule has 0 amide bonds. The number of unbranched alkanes of at least 4 members (excludes halogenated alkanes) is 21. The van der Waals surface area contributed by atoms with Crippen LogP contribution in [0.15, 0.2) is 72.8 Å². The van der Waals surface area contributed by atoms with Gasteiger partial charge in [0.2, 0.25) is 0 Å². The first-order valence-electron chi connectivity index (χ1n) is 33.3. The third-order valence-corrected chi connectivity index (χ3v) is 20.1. The Balaban J connectivity index is 0.00000119. The van der Waals surface area contributed by atoms with Crippen LogP contribution in [-0.4, -0.2) is 18.5 Å². The maximum atomic E-state index is 12.3. The molecule has 0 aliphatic carbocycles. The Kier molecular flexibility index (Phi) is 50.1. The summed E-state index contributed by atoms with van der Waals surface area (Å²) >= 11 is 0. The zero-order chi connectivity index (χ0) is 59.9. The first kappa shape index (κ1) is 80.2. The smallest absolute Gasteiger partial charge is 0.769 e. The zero-order valence-corrected chi connectivity index (χ0v) is 57.6. The summed E-state index contributed by atoms with van der Waals surface area (Å²) in [6.45, 7) is 19.3. The Morgan fingerprint density at radius 1 is 0.305 bits per heavy atom. The Morgan fingerprint density at radius 2 is 0.500 bits per heavy atom. The van der Waals surface area contributed by atoms with Crippen molar-refractivity contribution in [3.05, 3.63) is 89.5 Å². The van der Waals surface area contributed by atoms with Crippen molar-refractivity contribution in [1.29, 1.82) is 0 Å². The van der Waals surface area contributed by atoms with Crippen LogP contribution in [0.3, 0.4) is 0 Å². The van der Waals surface area contributed by atoms with Gasteiger partial charge in [0, 0.05) is 18.5 Å². The molecule has 0 aliphatic heterocycles. The molecule has 0 fully saturated rings. The average molecular weight is 1240 g/mol. The van der Waals surface area contributed by atoms with E-state index in [2.05, 4.69) is 62.3 Å². The topological polar surface area (TPSA) is 148 Å². The fourth-order valence-corrected chi connectivity index (χ4v) is 15.1. The first-order valence-corrected chi connectivity index (χ1v) is 38.5. The van der Waals surface area contributed by atoms with Crippen molar-refractivity contribution in [3.8, 4) is 17.2 Å². The van der Waals surface area contributed by atoms with E-state index >= 15 is 0 Å². The molecule has 3 aromatic carbocycles. The van der Waals surface area contributed by atoms with E-state index in [0.717, 1.165) is 96.3 Å². The van der Waals surface area contributed by atoms with Crippen molar-refractivity contribution in [1.82, 2.24) is 0 Å². The molecule has 0 N–H and O–H groups in total. The minimum absolute atomic E-state index is 0. The van der Waals surface area contributed by atoms with Gasteiger partial charge in [-0.2, -0.15) is 0 Å². The Labute approximate surface area is 515 Å². The summed E-state index contributed by atoms with van der Waals surface area (Å²) in [5.41, 5.74) is 3.77. The quantitative estimate of drug-likeness (QED) is 0.0398. The average Bonchev–Trinajstić information content (AvgIpc) is 3.45. The summed E-state index contributed by atoms with van der Waals surface area (Å²) < 4.78 is 53.1. The molecular formula is C69H120CrO9P3. The SMILES string of the molecule is CCCCCCCCCc1ccc(OP(=O)([O-])CC(CC)CCCC)cc1.CCCCCCCCCc1ccc(OP(=O)([O-])CC(CC)CCCC)cc1.CCCCCCCCCc1ccc(OP(=O)([O-])CC(CC)CCCC)cc1.[Cr+3]. The van der Waals surface area contributed by atoms with E-state index in [4.69, 9.17) is 13.6 Å². The van der Waals surface area contributed by atoms with Crippen LogP contribution < -0.4 is 28.3 Å². The molecule has 0 saturated carbocycles. The molecule has 9 nitrogen and oxygen atoms in total.